The molecule has 0 saturated carbocycles. The van der Waals surface area contributed by atoms with E-state index < -0.39 is 22.4 Å². The third kappa shape index (κ3) is 3.75. The molecule has 0 atom stereocenters. The van der Waals surface area contributed by atoms with Crippen molar-refractivity contribution in [1.82, 2.24) is 9.55 Å². The van der Waals surface area contributed by atoms with Crippen molar-refractivity contribution in [3.8, 4) is 22.6 Å². The number of nitrogens with zero attached hydrogens (tertiary/aromatic N) is 2. The molecule has 3 heterocycles. The first kappa shape index (κ1) is 21.5. The summed E-state index contributed by atoms with van der Waals surface area (Å²) in [6.07, 6.45) is 3.93. The number of rotatable bonds is 4. The van der Waals surface area contributed by atoms with E-state index in [0.717, 1.165) is 12.1 Å². The van der Waals surface area contributed by atoms with Crippen molar-refractivity contribution in [3.05, 3.63) is 76.8 Å². The van der Waals surface area contributed by atoms with Crippen molar-refractivity contribution in [2.75, 3.05) is 16.6 Å². The minimum Gasteiger partial charge on any atom is -0.454 e. The summed E-state index contributed by atoms with van der Waals surface area (Å²) in [5, 5.41) is 0.632. The molecule has 1 aliphatic heterocycles. The fraction of sp³-hybridized carbons (Fsp3) is 0.174. The van der Waals surface area contributed by atoms with E-state index in [1.807, 2.05) is 0 Å². The topological polar surface area (TPSA) is 90.7 Å². The summed E-state index contributed by atoms with van der Waals surface area (Å²) < 4.78 is 57.4. The Balaban J connectivity index is 1.71. The molecule has 0 bridgehead atoms. The number of halogens is 2. The van der Waals surface area contributed by atoms with E-state index in [1.54, 1.807) is 48.0 Å². The van der Waals surface area contributed by atoms with Crippen LogP contribution in [0.5, 0.6) is 11.5 Å². The van der Waals surface area contributed by atoms with Gasteiger partial charge in [0, 0.05) is 48.6 Å². The lowest BCUT2D eigenvalue weighted by Crippen LogP contribution is -2.21. The lowest BCUT2D eigenvalue weighted by molar-refractivity contribution is 0.439. The Bertz CT molecular complexity index is 1430. The number of benzene rings is 2. The number of aromatic nitrogens is 2. The van der Waals surface area contributed by atoms with E-state index in [2.05, 4.69) is 4.98 Å². The Morgan fingerprint density at radius 3 is 2.58 bits per heavy atom. The van der Waals surface area contributed by atoms with Gasteiger partial charge in [0.25, 0.3) is 5.56 Å². The number of aromatic amines is 1. The van der Waals surface area contributed by atoms with Gasteiger partial charge in [-0.2, -0.15) is 0 Å². The van der Waals surface area contributed by atoms with E-state index in [1.165, 1.54) is 10.6 Å². The molecular formula is C23H21F2N3O4S. The highest BCUT2D eigenvalue weighted by Gasteiger charge is 2.30. The van der Waals surface area contributed by atoms with Crippen LogP contribution in [0.4, 0.5) is 14.5 Å². The van der Waals surface area contributed by atoms with Crippen molar-refractivity contribution in [3.63, 3.8) is 0 Å². The van der Waals surface area contributed by atoms with Crippen LogP contribution in [0.2, 0.25) is 0 Å². The summed E-state index contributed by atoms with van der Waals surface area (Å²) in [6, 6.07) is 9.78. The Kier molecular flexibility index (Phi) is 5.15. The van der Waals surface area contributed by atoms with Gasteiger partial charge in [-0.05, 0) is 42.8 Å². The average Bonchev–Trinajstić information content (AvgIpc) is 3.39. The van der Waals surface area contributed by atoms with E-state index in [4.69, 9.17) is 4.74 Å². The van der Waals surface area contributed by atoms with Gasteiger partial charge < -0.3 is 14.3 Å². The van der Waals surface area contributed by atoms with Gasteiger partial charge in [-0.1, -0.05) is 0 Å². The van der Waals surface area contributed by atoms with Crippen molar-refractivity contribution >= 4 is 27.4 Å². The fourth-order valence-electron chi connectivity index (χ4n) is 4.09. The summed E-state index contributed by atoms with van der Waals surface area (Å²) in [7, 11) is -1.32. The molecule has 0 spiro atoms. The molecule has 0 aliphatic carbocycles. The number of nitrogens with one attached hydrogen (secondary N) is 1. The Morgan fingerprint density at radius 2 is 1.85 bits per heavy atom. The summed E-state index contributed by atoms with van der Waals surface area (Å²) in [6.45, 7) is 0.474. The van der Waals surface area contributed by atoms with Crippen LogP contribution in [0.15, 0.2) is 59.7 Å². The molecule has 2 aromatic heterocycles. The highest BCUT2D eigenvalue weighted by molar-refractivity contribution is 8.25. The Morgan fingerprint density at radius 1 is 1.06 bits per heavy atom. The third-order valence-corrected chi connectivity index (χ3v) is 7.62. The normalized spacial score (nSPS) is 16.3. The molecule has 0 unspecified atom stereocenters. The lowest BCUT2D eigenvalue weighted by Gasteiger charge is -2.38. The molecule has 5 rings (SSSR count). The zero-order valence-corrected chi connectivity index (χ0v) is 18.4. The van der Waals surface area contributed by atoms with E-state index in [-0.39, 0.29) is 22.8 Å². The number of aryl methyl sites for hydroxylation is 1. The molecule has 1 fully saturated rings. The largest absolute Gasteiger partial charge is 0.454 e. The first-order valence-corrected chi connectivity index (χ1v) is 11.9. The SMILES string of the molecule is Cn1cc(-c2cc(N3CCCS3(O)O)ccc2Oc2ccc(F)cc2F)c2cc[nH]c2c1=O. The minimum atomic E-state index is -2.94. The molecule has 1 saturated heterocycles. The third-order valence-electron chi connectivity index (χ3n) is 5.68. The smallest absolute Gasteiger partial charge is 0.274 e. The van der Waals surface area contributed by atoms with Crippen molar-refractivity contribution < 1.29 is 22.6 Å². The number of anilines is 1. The molecule has 3 N–H and O–H groups in total. The molecule has 10 heteroatoms. The van der Waals surface area contributed by atoms with Gasteiger partial charge in [0.2, 0.25) is 0 Å². The van der Waals surface area contributed by atoms with Crippen LogP contribution in [0.1, 0.15) is 6.42 Å². The molecule has 0 amide bonds. The van der Waals surface area contributed by atoms with Gasteiger partial charge in [-0.3, -0.25) is 18.2 Å². The number of ether oxygens (including phenoxy) is 1. The van der Waals surface area contributed by atoms with Gasteiger partial charge in [0.15, 0.2) is 11.6 Å². The van der Waals surface area contributed by atoms with Crippen LogP contribution in [-0.2, 0) is 7.05 Å². The molecule has 33 heavy (non-hydrogen) atoms. The molecule has 1 aliphatic rings. The fourth-order valence-corrected chi connectivity index (χ4v) is 5.70. The van der Waals surface area contributed by atoms with Gasteiger partial charge in [-0.25, -0.2) is 8.78 Å². The zero-order valence-electron chi connectivity index (χ0n) is 17.6. The maximum atomic E-state index is 14.3. The van der Waals surface area contributed by atoms with Gasteiger partial charge in [-0.15, -0.1) is 10.8 Å². The quantitative estimate of drug-likeness (QED) is 0.365. The molecule has 7 nitrogen and oxygen atoms in total. The Labute approximate surface area is 189 Å². The number of pyridine rings is 1. The van der Waals surface area contributed by atoms with Crippen LogP contribution in [-0.4, -0.2) is 31.0 Å². The summed E-state index contributed by atoms with van der Waals surface area (Å²) >= 11 is 0. The minimum absolute atomic E-state index is 0.161. The second-order valence-electron chi connectivity index (χ2n) is 7.87. The Hall–Kier alpha value is -3.34. The van der Waals surface area contributed by atoms with E-state index >= 15 is 0 Å². The molecule has 4 aromatic rings. The number of hydrogen-bond donors (Lipinski definition) is 3. The second-order valence-corrected chi connectivity index (χ2v) is 9.99. The molecule has 172 valence electrons. The summed E-state index contributed by atoms with van der Waals surface area (Å²) in [5.74, 6) is -1.19. The monoisotopic (exact) mass is 473 g/mol. The average molecular weight is 474 g/mol. The van der Waals surface area contributed by atoms with Gasteiger partial charge in [0.1, 0.15) is 17.1 Å². The zero-order chi connectivity index (χ0) is 23.3. The number of fused-ring (bicyclic) bond motifs is 1. The molecular weight excluding hydrogens is 452 g/mol. The van der Waals surface area contributed by atoms with Crippen molar-refractivity contribution in [2.45, 2.75) is 6.42 Å². The highest BCUT2D eigenvalue weighted by atomic mass is 32.3. The van der Waals surface area contributed by atoms with Crippen LogP contribution < -0.4 is 14.6 Å². The number of hydrogen-bond acceptors (Lipinski definition) is 5. The first-order chi connectivity index (χ1) is 15.7. The van der Waals surface area contributed by atoms with E-state index in [0.29, 0.717) is 40.7 Å². The van der Waals surface area contributed by atoms with Crippen LogP contribution in [0.3, 0.4) is 0 Å². The molecule has 0 radical (unpaired) electrons. The maximum Gasteiger partial charge on any atom is 0.274 e. The first-order valence-electron chi connectivity index (χ1n) is 10.2. The summed E-state index contributed by atoms with van der Waals surface area (Å²) in [5.41, 5.74) is 1.88. The highest BCUT2D eigenvalue weighted by Crippen LogP contribution is 2.52. The standard InChI is InChI=1S/C23H21F2N3O4S/c1-27-13-18(16-7-8-26-22(16)23(27)29)17-12-15(28-9-2-10-33(28,30)31)4-6-20(17)32-21-5-3-14(24)11-19(21)25/h3-8,11-13,26,30-31H,2,9-10H2,1H3. The second kappa shape index (κ2) is 7.91. The van der Waals surface area contributed by atoms with Crippen LogP contribution in [0, 0.1) is 11.6 Å². The van der Waals surface area contributed by atoms with Crippen molar-refractivity contribution in [1.29, 1.82) is 0 Å². The maximum absolute atomic E-state index is 14.3. The predicted octanol–water partition coefficient (Wildman–Crippen LogP) is 5.48. The lowest BCUT2D eigenvalue weighted by atomic mass is 10.0. The van der Waals surface area contributed by atoms with Crippen molar-refractivity contribution in [2.24, 2.45) is 7.05 Å². The van der Waals surface area contributed by atoms with Gasteiger partial charge in [0.05, 0.1) is 11.4 Å². The number of H-pyrrole nitrogens is 1. The predicted molar refractivity (Wildman–Crippen MR) is 125 cm³/mol. The van der Waals surface area contributed by atoms with E-state index in [9.17, 15) is 22.7 Å². The summed E-state index contributed by atoms with van der Waals surface area (Å²) in [4.78, 5) is 15.5. The van der Waals surface area contributed by atoms with Gasteiger partial charge >= 0.3 is 0 Å². The van der Waals surface area contributed by atoms with Crippen LogP contribution >= 0.6 is 10.8 Å². The molecule has 2 aromatic carbocycles. The van der Waals surface area contributed by atoms with Crippen LogP contribution in [0.25, 0.3) is 22.0 Å².